The summed E-state index contributed by atoms with van der Waals surface area (Å²) in [5.74, 6) is 1.12. The third-order valence-electron chi connectivity index (χ3n) is 5.80. The fraction of sp³-hybridized carbons (Fsp3) is 0.320. The molecule has 4 rings (SSSR count). The van der Waals surface area contributed by atoms with Crippen LogP contribution in [0.5, 0.6) is 0 Å². The van der Waals surface area contributed by atoms with Gasteiger partial charge in [-0.05, 0) is 49.4 Å². The average Bonchev–Trinajstić information content (AvgIpc) is 2.87. The van der Waals surface area contributed by atoms with Crippen molar-refractivity contribution < 1.29 is 9.53 Å². The van der Waals surface area contributed by atoms with Gasteiger partial charge in [-0.15, -0.1) is 0 Å². The van der Waals surface area contributed by atoms with Crippen LogP contribution in [0.3, 0.4) is 0 Å². The molecule has 2 aromatic carbocycles. The summed E-state index contributed by atoms with van der Waals surface area (Å²) in [7, 11) is 3.73. The van der Waals surface area contributed by atoms with Crippen molar-refractivity contribution in [1.82, 2.24) is 14.9 Å². The molecule has 9 heteroatoms. The zero-order chi connectivity index (χ0) is 24.1. The van der Waals surface area contributed by atoms with Crippen molar-refractivity contribution in [3.8, 4) is 0 Å². The van der Waals surface area contributed by atoms with Crippen molar-refractivity contribution in [2.45, 2.75) is 6.92 Å². The summed E-state index contributed by atoms with van der Waals surface area (Å²) >= 11 is 6.15. The Morgan fingerprint density at radius 2 is 1.94 bits per heavy atom. The molecule has 2 heterocycles. The van der Waals surface area contributed by atoms with Crippen LogP contribution < -0.4 is 15.1 Å². The van der Waals surface area contributed by atoms with Gasteiger partial charge in [0, 0.05) is 67.6 Å². The van der Waals surface area contributed by atoms with E-state index in [-0.39, 0.29) is 5.91 Å². The Balaban J connectivity index is 1.63. The highest BCUT2D eigenvalue weighted by atomic mass is 35.5. The van der Waals surface area contributed by atoms with E-state index in [9.17, 15) is 4.79 Å². The standard InChI is InChI=1S/C25H29ClN6O2/c1-4-30(2)24(33)18-14-20(17-22(15-18)32-10-12-34-13-11-32)28-25-27-9-8-23(29-25)31(3)21-7-5-6-19(26)16-21/h5-9,14-17H,4,10-13H2,1-3H3,(H,27,28,29). The molecule has 0 atom stereocenters. The lowest BCUT2D eigenvalue weighted by molar-refractivity contribution is 0.0802. The third kappa shape index (κ3) is 5.58. The van der Waals surface area contributed by atoms with Crippen LogP contribution >= 0.6 is 11.6 Å². The molecular weight excluding hydrogens is 452 g/mol. The predicted octanol–water partition coefficient (Wildman–Crippen LogP) is 4.57. The second-order valence-corrected chi connectivity index (χ2v) is 8.53. The molecule has 0 spiro atoms. The van der Waals surface area contributed by atoms with Gasteiger partial charge in [0.25, 0.3) is 5.91 Å². The minimum atomic E-state index is -0.0315. The van der Waals surface area contributed by atoms with Gasteiger partial charge in [-0.1, -0.05) is 17.7 Å². The molecule has 178 valence electrons. The van der Waals surface area contributed by atoms with Crippen molar-refractivity contribution in [2.24, 2.45) is 0 Å². The van der Waals surface area contributed by atoms with Gasteiger partial charge in [0.15, 0.2) is 0 Å². The fourth-order valence-corrected chi connectivity index (χ4v) is 3.90. The van der Waals surface area contributed by atoms with Gasteiger partial charge >= 0.3 is 0 Å². The molecule has 34 heavy (non-hydrogen) atoms. The summed E-state index contributed by atoms with van der Waals surface area (Å²) < 4.78 is 5.49. The summed E-state index contributed by atoms with van der Waals surface area (Å²) in [6.45, 7) is 5.46. The molecule has 1 N–H and O–H groups in total. The van der Waals surface area contributed by atoms with Crippen LogP contribution in [0.2, 0.25) is 5.02 Å². The second-order valence-electron chi connectivity index (χ2n) is 8.09. The molecular formula is C25H29ClN6O2. The average molecular weight is 481 g/mol. The van der Waals surface area contributed by atoms with Gasteiger partial charge in [-0.25, -0.2) is 4.98 Å². The molecule has 0 aliphatic carbocycles. The van der Waals surface area contributed by atoms with E-state index < -0.39 is 0 Å². The van der Waals surface area contributed by atoms with Crippen LogP contribution in [0.15, 0.2) is 54.7 Å². The number of benzene rings is 2. The minimum absolute atomic E-state index is 0.0315. The summed E-state index contributed by atoms with van der Waals surface area (Å²) in [4.78, 5) is 27.9. The van der Waals surface area contributed by atoms with Crippen molar-refractivity contribution in [1.29, 1.82) is 0 Å². The molecule has 8 nitrogen and oxygen atoms in total. The van der Waals surface area contributed by atoms with E-state index >= 15 is 0 Å². The lowest BCUT2D eigenvalue weighted by Crippen LogP contribution is -2.36. The van der Waals surface area contributed by atoms with Gasteiger partial charge in [0.1, 0.15) is 5.82 Å². The number of hydrogen-bond donors (Lipinski definition) is 1. The molecule has 0 unspecified atom stereocenters. The highest BCUT2D eigenvalue weighted by Crippen LogP contribution is 2.28. The number of anilines is 5. The van der Waals surface area contributed by atoms with Crippen LogP contribution in [0, 0.1) is 0 Å². The lowest BCUT2D eigenvalue weighted by atomic mass is 10.1. The smallest absolute Gasteiger partial charge is 0.253 e. The van der Waals surface area contributed by atoms with E-state index in [0.29, 0.717) is 42.1 Å². The molecule has 1 aliphatic rings. The number of rotatable bonds is 7. The largest absolute Gasteiger partial charge is 0.378 e. The zero-order valence-corrected chi connectivity index (χ0v) is 20.4. The second kappa shape index (κ2) is 10.7. The highest BCUT2D eigenvalue weighted by Gasteiger charge is 2.18. The maximum atomic E-state index is 12.9. The number of hydrogen-bond acceptors (Lipinski definition) is 7. The maximum Gasteiger partial charge on any atom is 0.253 e. The van der Waals surface area contributed by atoms with Crippen molar-refractivity contribution in [2.75, 3.05) is 62.1 Å². The van der Waals surface area contributed by atoms with Crippen LogP contribution in [-0.2, 0) is 4.74 Å². The SMILES string of the molecule is CCN(C)C(=O)c1cc(Nc2nccc(N(C)c3cccc(Cl)c3)n2)cc(N2CCOCC2)c1. The Hall–Kier alpha value is -3.36. The molecule has 1 fully saturated rings. The first-order chi connectivity index (χ1) is 16.4. The number of amides is 1. The Morgan fingerprint density at radius 1 is 1.15 bits per heavy atom. The van der Waals surface area contributed by atoms with Crippen molar-refractivity contribution >= 4 is 46.3 Å². The van der Waals surface area contributed by atoms with Gasteiger partial charge in [0.05, 0.1) is 13.2 Å². The molecule has 0 bridgehead atoms. The third-order valence-corrected chi connectivity index (χ3v) is 6.03. The van der Waals surface area contributed by atoms with Crippen molar-refractivity contribution in [3.05, 3.63) is 65.3 Å². The van der Waals surface area contributed by atoms with Crippen LogP contribution in [-0.4, -0.2) is 67.7 Å². The number of halogens is 1. The van der Waals surface area contributed by atoms with E-state index in [1.807, 2.05) is 67.4 Å². The molecule has 1 saturated heterocycles. The first-order valence-electron chi connectivity index (χ1n) is 11.3. The van der Waals surface area contributed by atoms with Crippen LogP contribution in [0.4, 0.5) is 28.8 Å². The highest BCUT2D eigenvalue weighted by molar-refractivity contribution is 6.30. The lowest BCUT2D eigenvalue weighted by Gasteiger charge is -2.30. The number of carbonyl (C=O) groups excluding carboxylic acids is 1. The zero-order valence-electron chi connectivity index (χ0n) is 19.7. The maximum absolute atomic E-state index is 12.9. The molecule has 0 radical (unpaired) electrons. The number of morpholine rings is 1. The number of aromatic nitrogens is 2. The molecule has 0 saturated carbocycles. The minimum Gasteiger partial charge on any atom is -0.378 e. The van der Waals surface area contributed by atoms with E-state index in [1.165, 1.54) is 0 Å². The summed E-state index contributed by atoms with van der Waals surface area (Å²) in [6.07, 6.45) is 1.70. The van der Waals surface area contributed by atoms with Gasteiger partial charge in [-0.2, -0.15) is 4.98 Å². The molecule has 1 amide bonds. The van der Waals surface area contributed by atoms with E-state index in [1.54, 1.807) is 18.1 Å². The predicted molar refractivity (Wildman–Crippen MR) is 137 cm³/mol. The molecule has 3 aromatic rings. The Kier molecular flexibility index (Phi) is 7.49. The molecule has 1 aliphatic heterocycles. The number of nitrogens with zero attached hydrogens (tertiary/aromatic N) is 5. The Morgan fingerprint density at radius 3 is 2.68 bits per heavy atom. The Bertz CT molecular complexity index is 1150. The number of ether oxygens (including phenoxy) is 1. The van der Waals surface area contributed by atoms with Gasteiger partial charge in [-0.3, -0.25) is 4.79 Å². The summed E-state index contributed by atoms with van der Waals surface area (Å²) in [5, 5.41) is 3.95. The monoisotopic (exact) mass is 480 g/mol. The number of carbonyl (C=O) groups is 1. The van der Waals surface area contributed by atoms with E-state index in [0.717, 1.165) is 30.2 Å². The Labute approximate surface area is 205 Å². The van der Waals surface area contributed by atoms with E-state index in [2.05, 4.69) is 20.2 Å². The topological polar surface area (TPSA) is 73.8 Å². The van der Waals surface area contributed by atoms with Crippen LogP contribution in [0.1, 0.15) is 17.3 Å². The van der Waals surface area contributed by atoms with Gasteiger partial charge in [0.2, 0.25) is 5.95 Å². The molecule has 1 aromatic heterocycles. The summed E-state index contributed by atoms with van der Waals surface area (Å²) in [6, 6.07) is 15.2. The van der Waals surface area contributed by atoms with E-state index in [4.69, 9.17) is 16.3 Å². The number of nitrogens with one attached hydrogen (secondary N) is 1. The first-order valence-corrected chi connectivity index (χ1v) is 11.6. The summed E-state index contributed by atoms with van der Waals surface area (Å²) in [5.41, 5.74) is 3.25. The van der Waals surface area contributed by atoms with Crippen LogP contribution in [0.25, 0.3) is 0 Å². The quantitative estimate of drug-likeness (QED) is 0.531. The normalized spacial score (nSPS) is 13.5. The first kappa shape index (κ1) is 23.8. The van der Waals surface area contributed by atoms with Gasteiger partial charge < -0.3 is 24.8 Å². The fourth-order valence-electron chi connectivity index (χ4n) is 3.72. The van der Waals surface area contributed by atoms with Crippen molar-refractivity contribution in [3.63, 3.8) is 0 Å².